The van der Waals surface area contributed by atoms with Crippen LogP contribution in [0.25, 0.3) is 0 Å². The molecule has 2 rings (SSSR count). The first-order valence-corrected chi connectivity index (χ1v) is 6.70. The maximum atomic E-state index is 12.5. The predicted octanol–water partition coefficient (Wildman–Crippen LogP) is 2.19. The first kappa shape index (κ1) is 14.5. The summed E-state index contributed by atoms with van der Waals surface area (Å²) in [5, 5.41) is 0. The van der Waals surface area contributed by atoms with E-state index in [0.29, 0.717) is 28.7 Å². The zero-order chi connectivity index (χ0) is 14.7. The molecule has 1 atom stereocenters. The molecule has 0 aromatic heterocycles. The van der Waals surface area contributed by atoms with Gasteiger partial charge in [0.05, 0.1) is 21.3 Å². The monoisotopic (exact) mass is 279 g/mol. The summed E-state index contributed by atoms with van der Waals surface area (Å²) in [6.45, 7) is 3.76. The first-order chi connectivity index (χ1) is 9.60. The van der Waals surface area contributed by atoms with Crippen molar-refractivity contribution in [1.29, 1.82) is 0 Å². The van der Waals surface area contributed by atoms with Crippen molar-refractivity contribution in [3.8, 4) is 17.2 Å². The van der Waals surface area contributed by atoms with Crippen LogP contribution in [-0.2, 0) is 0 Å². The summed E-state index contributed by atoms with van der Waals surface area (Å²) >= 11 is 0. The summed E-state index contributed by atoms with van der Waals surface area (Å²) < 4.78 is 15.8. The van der Waals surface area contributed by atoms with Gasteiger partial charge >= 0.3 is 0 Å². The number of ether oxygens (including phenoxy) is 3. The number of carbonyl (C=O) groups excluding carboxylic acids is 1. The van der Waals surface area contributed by atoms with Crippen molar-refractivity contribution in [2.45, 2.75) is 13.3 Å². The molecule has 0 saturated carbocycles. The smallest absolute Gasteiger partial charge is 0.254 e. The van der Waals surface area contributed by atoms with E-state index in [4.69, 9.17) is 14.2 Å². The van der Waals surface area contributed by atoms with Crippen molar-refractivity contribution >= 4 is 5.91 Å². The summed E-state index contributed by atoms with van der Waals surface area (Å²) in [6.07, 6.45) is 1.05. The Hall–Kier alpha value is -1.91. The van der Waals surface area contributed by atoms with Crippen LogP contribution in [0.4, 0.5) is 0 Å². The SMILES string of the molecule is COc1cc(C(=O)N2CCC(C)C2)cc(OC)c1OC. The number of amides is 1. The maximum absolute atomic E-state index is 12.5. The van der Waals surface area contributed by atoms with Crippen molar-refractivity contribution in [1.82, 2.24) is 4.90 Å². The largest absolute Gasteiger partial charge is 0.493 e. The molecule has 110 valence electrons. The van der Waals surface area contributed by atoms with Crippen molar-refractivity contribution in [3.63, 3.8) is 0 Å². The van der Waals surface area contributed by atoms with Crippen molar-refractivity contribution in [2.75, 3.05) is 34.4 Å². The van der Waals surface area contributed by atoms with Crippen molar-refractivity contribution in [2.24, 2.45) is 5.92 Å². The molecule has 0 radical (unpaired) electrons. The Morgan fingerprint density at radius 2 is 1.75 bits per heavy atom. The molecule has 0 N–H and O–H groups in total. The van der Waals surface area contributed by atoms with Gasteiger partial charge in [-0.1, -0.05) is 6.92 Å². The fourth-order valence-corrected chi connectivity index (χ4v) is 2.51. The third-order valence-corrected chi connectivity index (χ3v) is 3.62. The quantitative estimate of drug-likeness (QED) is 0.847. The fraction of sp³-hybridized carbons (Fsp3) is 0.533. The van der Waals surface area contributed by atoms with Crippen LogP contribution < -0.4 is 14.2 Å². The second kappa shape index (κ2) is 6.03. The third-order valence-electron chi connectivity index (χ3n) is 3.62. The Morgan fingerprint density at radius 1 is 1.15 bits per heavy atom. The fourth-order valence-electron chi connectivity index (χ4n) is 2.51. The summed E-state index contributed by atoms with van der Waals surface area (Å²) in [5.41, 5.74) is 0.564. The number of carbonyl (C=O) groups is 1. The number of hydrogen-bond donors (Lipinski definition) is 0. The molecule has 1 aliphatic rings. The number of likely N-dealkylation sites (tertiary alicyclic amines) is 1. The van der Waals surface area contributed by atoms with Crippen LogP contribution in [-0.4, -0.2) is 45.2 Å². The van der Waals surface area contributed by atoms with E-state index >= 15 is 0 Å². The topological polar surface area (TPSA) is 48.0 Å². The van der Waals surface area contributed by atoms with Gasteiger partial charge in [-0.05, 0) is 24.5 Å². The minimum absolute atomic E-state index is 0.00797. The lowest BCUT2D eigenvalue weighted by Crippen LogP contribution is -2.28. The van der Waals surface area contributed by atoms with Gasteiger partial charge in [-0.25, -0.2) is 0 Å². The Balaban J connectivity index is 2.34. The second-order valence-electron chi connectivity index (χ2n) is 5.06. The van der Waals surface area contributed by atoms with E-state index in [0.717, 1.165) is 19.5 Å². The lowest BCUT2D eigenvalue weighted by atomic mass is 10.1. The van der Waals surface area contributed by atoms with E-state index in [1.807, 2.05) is 4.90 Å². The molecule has 1 heterocycles. The lowest BCUT2D eigenvalue weighted by molar-refractivity contribution is 0.0787. The summed E-state index contributed by atoms with van der Waals surface area (Å²) in [7, 11) is 4.64. The minimum Gasteiger partial charge on any atom is -0.493 e. The Kier molecular flexibility index (Phi) is 4.37. The molecular formula is C15H21NO4. The molecule has 1 unspecified atom stereocenters. The molecule has 0 bridgehead atoms. The van der Waals surface area contributed by atoms with Gasteiger partial charge < -0.3 is 19.1 Å². The molecule has 0 aliphatic carbocycles. The molecule has 5 nitrogen and oxygen atoms in total. The van der Waals surface area contributed by atoms with E-state index in [1.165, 1.54) is 0 Å². The third kappa shape index (κ3) is 2.66. The highest BCUT2D eigenvalue weighted by Gasteiger charge is 2.26. The van der Waals surface area contributed by atoms with Gasteiger partial charge in [-0.3, -0.25) is 4.79 Å². The van der Waals surface area contributed by atoms with E-state index in [1.54, 1.807) is 33.5 Å². The Bertz CT molecular complexity index is 476. The van der Waals surface area contributed by atoms with Gasteiger partial charge in [0, 0.05) is 18.7 Å². The average Bonchev–Trinajstić information content (AvgIpc) is 2.91. The van der Waals surface area contributed by atoms with Gasteiger partial charge in [0.25, 0.3) is 5.91 Å². The summed E-state index contributed by atoms with van der Waals surface area (Å²) in [4.78, 5) is 14.4. The van der Waals surface area contributed by atoms with Crippen LogP contribution in [0.15, 0.2) is 12.1 Å². The Morgan fingerprint density at radius 3 is 2.15 bits per heavy atom. The maximum Gasteiger partial charge on any atom is 0.254 e. The molecule has 1 fully saturated rings. The highest BCUT2D eigenvalue weighted by molar-refractivity contribution is 5.95. The molecule has 1 saturated heterocycles. The van der Waals surface area contributed by atoms with E-state index in [9.17, 15) is 4.79 Å². The number of nitrogens with zero attached hydrogens (tertiary/aromatic N) is 1. The molecule has 5 heteroatoms. The number of benzene rings is 1. The zero-order valence-corrected chi connectivity index (χ0v) is 12.4. The Labute approximate surface area is 119 Å². The second-order valence-corrected chi connectivity index (χ2v) is 5.06. The molecule has 1 amide bonds. The minimum atomic E-state index is 0.00797. The first-order valence-electron chi connectivity index (χ1n) is 6.70. The van der Waals surface area contributed by atoms with Crippen LogP contribution >= 0.6 is 0 Å². The summed E-state index contributed by atoms with van der Waals surface area (Å²) in [5.74, 6) is 2.07. The van der Waals surface area contributed by atoms with Crippen LogP contribution in [0.1, 0.15) is 23.7 Å². The standard InChI is InChI=1S/C15H21NO4/c1-10-5-6-16(9-10)15(17)11-7-12(18-2)14(20-4)13(8-11)19-3/h7-8,10H,5-6,9H2,1-4H3. The highest BCUT2D eigenvalue weighted by atomic mass is 16.5. The molecular weight excluding hydrogens is 258 g/mol. The molecule has 1 aliphatic heterocycles. The van der Waals surface area contributed by atoms with Crippen LogP contribution in [0.2, 0.25) is 0 Å². The lowest BCUT2D eigenvalue weighted by Gasteiger charge is -2.18. The van der Waals surface area contributed by atoms with Gasteiger partial charge in [0.2, 0.25) is 5.75 Å². The van der Waals surface area contributed by atoms with Gasteiger partial charge in [0.1, 0.15) is 0 Å². The molecule has 1 aromatic carbocycles. The molecule has 1 aromatic rings. The van der Waals surface area contributed by atoms with Gasteiger partial charge in [0.15, 0.2) is 11.5 Å². The molecule has 0 spiro atoms. The zero-order valence-electron chi connectivity index (χ0n) is 12.4. The predicted molar refractivity (Wildman–Crippen MR) is 75.8 cm³/mol. The van der Waals surface area contributed by atoms with E-state index < -0.39 is 0 Å². The summed E-state index contributed by atoms with van der Waals surface area (Å²) in [6, 6.07) is 3.40. The van der Waals surface area contributed by atoms with Gasteiger partial charge in [-0.2, -0.15) is 0 Å². The van der Waals surface area contributed by atoms with Crippen LogP contribution in [0, 0.1) is 5.92 Å². The number of rotatable bonds is 4. The molecule has 20 heavy (non-hydrogen) atoms. The van der Waals surface area contributed by atoms with Crippen molar-refractivity contribution < 1.29 is 19.0 Å². The number of methoxy groups -OCH3 is 3. The van der Waals surface area contributed by atoms with Gasteiger partial charge in [-0.15, -0.1) is 0 Å². The van der Waals surface area contributed by atoms with E-state index in [2.05, 4.69) is 6.92 Å². The average molecular weight is 279 g/mol. The van der Waals surface area contributed by atoms with Crippen LogP contribution in [0.3, 0.4) is 0 Å². The van der Waals surface area contributed by atoms with Crippen LogP contribution in [0.5, 0.6) is 17.2 Å². The highest BCUT2D eigenvalue weighted by Crippen LogP contribution is 2.38. The van der Waals surface area contributed by atoms with Crippen molar-refractivity contribution in [3.05, 3.63) is 17.7 Å². The van der Waals surface area contributed by atoms with E-state index in [-0.39, 0.29) is 5.91 Å². The normalized spacial score (nSPS) is 18.0. The number of hydrogen-bond acceptors (Lipinski definition) is 4.